The molecule has 2 saturated heterocycles. The quantitative estimate of drug-likeness (QED) is 0.607. The molecule has 0 aromatic heterocycles. The average Bonchev–Trinajstić information content (AvgIpc) is 3.28. The van der Waals surface area contributed by atoms with Crippen LogP contribution >= 0.6 is 0 Å². The lowest BCUT2D eigenvalue weighted by Crippen LogP contribution is -2.79. The molecule has 5 rings (SSSR count). The van der Waals surface area contributed by atoms with Gasteiger partial charge in [-0.05, 0) is 23.8 Å². The third kappa shape index (κ3) is 2.19. The van der Waals surface area contributed by atoms with Gasteiger partial charge in [0.15, 0.2) is 6.04 Å². The number of esters is 1. The van der Waals surface area contributed by atoms with E-state index in [4.69, 9.17) is 9.47 Å². The normalized spacial score (nSPS) is 28.5. The Morgan fingerprint density at radius 2 is 1.61 bits per heavy atom. The molecule has 0 saturated carbocycles. The predicted octanol–water partition coefficient (Wildman–Crippen LogP) is 2.40. The van der Waals surface area contributed by atoms with Crippen LogP contribution in [0.4, 0.5) is 10.5 Å². The van der Waals surface area contributed by atoms with Gasteiger partial charge in [-0.15, -0.1) is 0 Å². The maximum atomic E-state index is 13.2. The first kappa shape index (κ1) is 16.6. The number of nitrogens with zero attached hydrogens (tertiary/aromatic N) is 2. The Morgan fingerprint density at radius 1 is 0.929 bits per heavy atom. The lowest BCUT2D eigenvalue weighted by molar-refractivity contribution is -0.168. The molecule has 28 heavy (non-hydrogen) atoms. The molecule has 2 aromatic carbocycles. The van der Waals surface area contributed by atoms with Gasteiger partial charge in [-0.1, -0.05) is 48.5 Å². The van der Waals surface area contributed by atoms with E-state index in [1.54, 1.807) is 30.3 Å². The Balaban J connectivity index is 1.57. The summed E-state index contributed by atoms with van der Waals surface area (Å²) in [5, 5.41) is 0. The molecular weight excluding hydrogens is 360 g/mol. The molecule has 1 spiro atoms. The number of ether oxygens (including phenoxy) is 2. The van der Waals surface area contributed by atoms with Crippen LogP contribution in [0.3, 0.4) is 0 Å². The molecule has 7 heteroatoms. The molecule has 140 valence electrons. The molecule has 2 fully saturated rings. The van der Waals surface area contributed by atoms with Crippen LogP contribution in [0.25, 0.3) is 0 Å². The van der Waals surface area contributed by atoms with Crippen LogP contribution in [0, 0.1) is 0 Å². The summed E-state index contributed by atoms with van der Waals surface area (Å²) < 4.78 is 10.8. The number of hydrogen-bond acceptors (Lipinski definition) is 5. The van der Waals surface area contributed by atoms with Crippen molar-refractivity contribution in [2.75, 3.05) is 11.5 Å². The minimum absolute atomic E-state index is 0.131. The Morgan fingerprint density at radius 3 is 2.25 bits per heavy atom. The molecule has 3 aliphatic rings. The Hall–Kier alpha value is -3.61. The summed E-state index contributed by atoms with van der Waals surface area (Å²) in [6.45, 7) is 0.131. The van der Waals surface area contributed by atoms with Crippen molar-refractivity contribution in [3.63, 3.8) is 0 Å². The van der Waals surface area contributed by atoms with E-state index in [9.17, 15) is 14.4 Å². The lowest BCUT2D eigenvalue weighted by Gasteiger charge is -2.55. The molecule has 0 N–H and O–H groups in total. The molecule has 0 bridgehead atoms. The van der Waals surface area contributed by atoms with E-state index in [-0.39, 0.29) is 12.5 Å². The molecular formula is C21H16N2O5. The first-order valence-corrected chi connectivity index (χ1v) is 8.93. The van der Waals surface area contributed by atoms with Crippen LogP contribution in [-0.2, 0) is 19.1 Å². The van der Waals surface area contributed by atoms with E-state index in [0.29, 0.717) is 5.69 Å². The summed E-state index contributed by atoms with van der Waals surface area (Å²) in [7, 11) is 0. The van der Waals surface area contributed by atoms with Crippen molar-refractivity contribution in [3.05, 3.63) is 78.4 Å². The van der Waals surface area contributed by atoms with Gasteiger partial charge in [0.1, 0.15) is 6.61 Å². The summed E-state index contributed by atoms with van der Waals surface area (Å²) in [5.41, 5.74) is 0.0704. The number of para-hydroxylation sites is 1. The third-order valence-corrected chi connectivity index (χ3v) is 5.31. The van der Waals surface area contributed by atoms with Crippen molar-refractivity contribution in [3.8, 4) is 0 Å². The van der Waals surface area contributed by atoms with Crippen molar-refractivity contribution >= 4 is 23.7 Å². The van der Waals surface area contributed by atoms with E-state index in [0.717, 1.165) is 5.56 Å². The smallest absolute Gasteiger partial charge is 0.411 e. The van der Waals surface area contributed by atoms with Crippen LogP contribution in [0.1, 0.15) is 11.6 Å². The zero-order valence-corrected chi connectivity index (χ0v) is 14.7. The number of cyclic esters (lactones) is 1. The molecule has 3 heterocycles. The summed E-state index contributed by atoms with van der Waals surface area (Å²) in [5.74, 6) is -0.882. The fourth-order valence-corrected chi connectivity index (χ4v) is 4.09. The van der Waals surface area contributed by atoms with Crippen molar-refractivity contribution < 1.29 is 23.9 Å². The molecule has 0 aliphatic carbocycles. The fraction of sp³-hybridized carbons (Fsp3) is 0.190. The van der Waals surface area contributed by atoms with E-state index < -0.39 is 29.9 Å². The highest BCUT2D eigenvalue weighted by Crippen LogP contribution is 2.47. The zero-order valence-electron chi connectivity index (χ0n) is 14.7. The summed E-state index contributed by atoms with van der Waals surface area (Å²) in [4.78, 5) is 40.5. The van der Waals surface area contributed by atoms with E-state index in [1.165, 1.54) is 15.9 Å². The van der Waals surface area contributed by atoms with Gasteiger partial charge in [0, 0.05) is 11.8 Å². The number of benzene rings is 2. The van der Waals surface area contributed by atoms with Gasteiger partial charge in [-0.3, -0.25) is 14.6 Å². The number of β-lactam (4-membered cyclic amide) rings is 1. The molecule has 0 radical (unpaired) electrons. The van der Waals surface area contributed by atoms with Gasteiger partial charge in [0.25, 0.3) is 5.91 Å². The molecule has 2 amide bonds. The predicted molar refractivity (Wildman–Crippen MR) is 98.0 cm³/mol. The van der Waals surface area contributed by atoms with Gasteiger partial charge in [0.2, 0.25) is 5.72 Å². The minimum atomic E-state index is -1.37. The second-order valence-corrected chi connectivity index (χ2v) is 6.83. The topological polar surface area (TPSA) is 76.1 Å². The standard InChI is InChI=1S/C21H16N2O5/c24-17-11-12-21(28-17)18(19(25)23(21)15-9-5-2-6-10-15)22-16(13-27-20(22)26)14-7-3-1-4-8-14/h1-12,16,18H,13H2/t16-,18-,21+/m0/s1. The number of carbonyl (C=O) groups is 3. The number of carbonyl (C=O) groups excluding carboxylic acids is 3. The average molecular weight is 376 g/mol. The van der Waals surface area contributed by atoms with Crippen LogP contribution in [0.5, 0.6) is 0 Å². The van der Waals surface area contributed by atoms with E-state index in [1.807, 2.05) is 36.4 Å². The van der Waals surface area contributed by atoms with Gasteiger partial charge in [-0.2, -0.15) is 0 Å². The van der Waals surface area contributed by atoms with E-state index in [2.05, 4.69) is 0 Å². The van der Waals surface area contributed by atoms with Gasteiger partial charge < -0.3 is 9.47 Å². The van der Waals surface area contributed by atoms with Gasteiger partial charge >= 0.3 is 12.1 Å². The number of hydrogen-bond donors (Lipinski definition) is 0. The Bertz CT molecular complexity index is 990. The summed E-state index contributed by atoms with van der Waals surface area (Å²) in [6.07, 6.45) is 2.23. The van der Waals surface area contributed by atoms with Crippen molar-refractivity contribution in [2.24, 2.45) is 0 Å². The summed E-state index contributed by atoms with van der Waals surface area (Å²) >= 11 is 0. The number of anilines is 1. The van der Waals surface area contributed by atoms with Gasteiger partial charge in [0.05, 0.1) is 6.04 Å². The van der Waals surface area contributed by atoms with Gasteiger partial charge in [-0.25, -0.2) is 9.59 Å². The van der Waals surface area contributed by atoms with E-state index >= 15 is 0 Å². The maximum Gasteiger partial charge on any atom is 0.411 e. The Kier molecular flexibility index (Phi) is 3.52. The largest absolute Gasteiger partial charge is 0.447 e. The van der Waals surface area contributed by atoms with Crippen LogP contribution in [0.15, 0.2) is 72.8 Å². The van der Waals surface area contributed by atoms with Crippen LogP contribution < -0.4 is 4.90 Å². The second kappa shape index (κ2) is 5.95. The second-order valence-electron chi connectivity index (χ2n) is 6.83. The fourth-order valence-electron chi connectivity index (χ4n) is 4.09. The zero-order chi connectivity index (χ0) is 19.3. The van der Waals surface area contributed by atoms with Crippen LogP contribution in [-0.4, -0.2) is 41.2 Å². The van der Waals surface area contributed by atoms with Crippen molar-refractivity contribution in [1.82, 2.24) is 4.90 Å². The Labute approximate surface area is 160 Å². The molecule has 3 atom stereocenters. The molecule has 0 unspecified atom stereocenters. The van der Waals surface area contributed by atoms with Crippen molar-refractivity contribution in [1.29, 1.82) is 0 Å². The molecule has 7 nitrogen and oxygen atoms in total. The monoisotopic (exact) mass is 376 g/mol. The highest BCUT2D eigenvalue weighted by molar-refractivity contribution is 6.11. The number of rotatable bonds is 3. The highest BCUT2D eigenvalue weighted by atomic mass is 16.6. The molecule has 2 aromatic rings. The maximum absolute atomic E-state index is 13.2. The summed E-state index contributed by atoms with van der Waals surface area (Å²) in [6, 6.07) is 16.9. The lowest BCUT2D eigenvalue weighted by atomic mass is 9.86. The first-order valence-electron chi connectivity index (χ1n) is 8.93. The van der Waals surface area contributed by atoms with Crippen molar-refractivity contribution in [2.45, 2.75) is 17.8 Å². The highest BCUT2D eigenvalue weighted by Gasteiger charge is 2.69. The third-order valence-electron chi connectivity index (χ3n) is 5.31. The van der Waals surface area contributed by atoms with Crippen LogP contribution in [0.2, 0.25) is 0 Å². The minimum Gasteiger partial charge on any atom is -0.447 e. The first-order chi connectivity index (χ1) is 13.6. The molecule has 3 aliphatic heterocycles. The number of amides is 2. The SMILES string of the molecule is O=C1C=C[C@@]2(O1)[C@@H](N1C(=O)OC[C@H]1c1ccccc1)C(=O)N2c1ccccc1.